The fourth-order valence-electron chi connectivity index (χ4n) is 3.42. The summed E-state index contributed by atoms with van der Waals surface area (Å²) in [7, 11) is 3.01. The molecule has 1 aromatic heterocycles. The summed E-state index contributed by atoms with van der Waals surface area (Å²) >= 11 is 0. The number of carbonyl (C=O) groups excluding carboxylic acids is 2. The monoisotopic (exact) mass is 448 g/mol. The van der Waals surface area contributed by atoms with Gasteiger partial charge >= 0.3 is 0 Å². The number of methoxy groups -OCH3 is 2. The highest BCUT2D eigenvalue weighted by Gasteiger charge is 2.19. The van der Waals surface area contributed by atoms with E-state index >= 15 is 0 Å². The minimum absolute atomic E-state index is 0.0573. The van der Waals surface area contributed by atoms with Crippen LogP contribution in [-0.4, -0.2) is 26.0 Å². The van der Waals surface area contributed by atoms with Crippen LogP contribution in [0.25, 0.3) is 6.08 Å². The minimum atomic E-state index is -0.469. The number of ether oxygens (including phenoxy) is 2. The molecule has 3 rings (SSSR count). The Morgan fingerprint density at radius 2 is 1.76 bits per heavy atom. The van der Waals surface area contributed by atoms with E-state index in [0.29, 0.717) is 22.8 Å². The Hall–Kier alpha value is -4.00. The quantitative estimate of drug-likeness (QED) is 0.493. The molecule has 1 atom stereocenters. The first-order valence-corrected chi connectivity index (χ1v) is 10.5. The third-order valence-electron chi connectivity index (χ3n) is 5.22. The molecule has 0 aliphatic carbocycles. The van der Waals surface area contributed by atoms with Gasteiger partial charge in [0.25, 0.3) is 11.8 Å². The Morgan fingerprint density at radius 1 is 1.00 bits per heavy atom. The molecule has 1 heterocycles. The predicted molar refractivity (Wildman–Crippen MR) is 126 cm³/mol. The van der Waals surface area contributed by atoms with E-state index in [1.54, 1.807) is 30.3 Å². The fraction of sp³-hybridized carbons (Fsp3) is 0.231. The van der Waals surface area contributed by atoms with Crippen LogP contribution in [0.3, 0.4) is 0 Å². The van der Waals surface area contributed by atoms with Crippen LogP contribution in [0.15, 0.2) is 64.9 Å². The summed E-state index contributed by atoms with van der Waals surface area (Å²) in [5.41, 5.74) is 3.55. The van der Waals surface area contributed by atoms with Crippen molar-refractivity contribution in [2.45, 2.75) is 26.8 Å². The van der Waals surface area contributed by atoms with Crippen LogP contribution < -0.4 is 20.1 Å². The molecule has 0 bridgehead atoms. The Kier molecular flexibility index (Phi) is 7.56. The molecule has 0 fully saturated rings. The predicted octanol–water partition coefficient (Wildman–Crippen LogP) is 4.56. The molecule has 0 aliphatic heterocycles. The molecule has 2 amide bonds. The second-order valence-corrected chi connectivity index (χ2v) is 7.65. The number of furan rings is 1. The number of rotatable bonds is 8. The third kappa shape index (κ3) is 5.83. The SMILES string of the molecule is COc1ccc(C(=O)N/C(=C\c2ccco2)C(=O)N[C@@H](C)c2cc(C)ccc2C)cc1OC. The van der Waals surface area contributed by atoms with E-state index in [1.807, 2.05) is 39.0 Å². The van der Waals surface area contributed by atoms with E-state index in [9.17, 15) is 9.59 Å². The van der Waals surface area contributed by atoms with Crippen LogP contribution in [0.5, 0.6) is 11.5 Å². The van der Waals surface area contributed by atoms with Crippen molar-refractivity contribution < 1.29 is 23.5 Å². The number of nitrogens with one attached hydrogen (secondary N) is 2. The van der Waals surface area contributed by atoms with Crippen LogP contribution in [0.2, 0.25) is 0 Å². The average Bonchev–Trinajstić information content (AvgIpc) is 3.32. The molecule has 33 heavy (non-hydrogen) atoms. The molecule has 0 spiro atoms. The lowest BCUT2D eigenvalue weighted by Gasteiger charge is -2.19. The second kappa shape index (κ2) is 10.5. The summed E-state index contributed by atoms with van der Waals surface area (Å²) < 4.78 is 15.8. The van der Waals surface area contributed by atoms with E-state index in [1.165, 1.54) is 26.6 Å². The summed E-state index contributed by atoms with van der Waals surface area (Å²) in [5.74, 6) is 0.444. The smallest absolute Gasteiger partial charge is 0.268 e. The molecule has 7 heteroatoms. The molecule has 0 saturated heterocycles. The number of aryl methyl sites for hydroxylation is 2. The number of hydrogen-bond acceptors (Lipinski definition) is 5. The van der Waals surface area contributed by atoms with Crippen molar-refractivity contribution in [1.82, 2.24) is 10.6 Å². The minimum Gasteiger partial charge on any atom is -0.493 e. The third-order valence-corrected chi connectivity index (χ3v) is 5.22. The normalized spacial score (nSPS) is 12.1. The lowest BCUT2D eigenvalue weighted by molar-refractivity contribution is -0.118. The standard InChI is InChI=1S/C26H28N2O5/c1-16-8-9-17(2)21(13-16)18(3)27-26(30)22(15-20-7-6-12-33-20)28-25(29)19-10-11-23(31-4)24(14-19)32-5/h6-15,18H,1-5H3,(H,27,30)(H,28,29)/b22-15-/t18-/m0/s1. The molecule has 172 valence electrons. The Labute approximate surface area is 193 Å². The zero-order chi connectivity index (χ0) is 24.0. The summed E-state index contributed by atoms with van der Waals surface area (Å²) in [6, 6.07) is 14.0. The zero-order valence-corrected chi connectivity index (χ0v) is 19.4. The summed E-state index contributed by atoms with van der Waals surface area (Å²) in [4.78, 5) is 26.1. The van der Waals surface area contributed by atoms with Gasteiger partial charge in [-0.1, -0.05) is 23.8 Å². The average molecular weight is 449 g/mol. The molecule has 2 aromatic carbocycles. The van der Waals surface area contributed by atoms with Crippen molar-refractivity contribution in [3.63, 3.8) is 0 Å². The van der Waals surface area contributed by atoms with E-state index in [2.05, 4.69) is 10.6 Å². The number of benzene rings is 2. The first-order chi connectivity index (χ1) is 15.8. The molecule has 7 nitrogen and oxygen atoms in total. The van der Waals surface area contributed by atoms with Crippen LogP contribution in [0, 0.1) is 13.8 Å². The maximum Gasteiger partial charge on any atom is 0.268 e. The van der Waals surface area contributed by atoms with Crippen molar-refractivity contribution in [1.29, 1.82) is 0 Å². The van der Waals surface area contributed by atoms with Gasteiger partial charge in [0.05, 0.1) is 26.5 Å². The van der Waals surface area contributed by atoms with E-state index < -0.39 is 11.8 Å². The van der Waals surface area contributed by atoms with Gasteiger partial charge in [0.1, 0.15) is 11.5 Å². The van der Waals surface area contributed by atoms with Gasteiger partial charge in [0.2, 0.25) is 0 Å². The Bertz CT molecular complexity index is 1170. The highest BCUT2D eigenvalue weighted by Crippen LogP contribution is 2.27. The van der Waals surface area contributed by atoms with Crippen molar-refractivity contribution in [2.75, 3.05) is 14.2 Å². The Morgan fingerprint density at radius 3 is 2.42 bits per heavy atom. The van der Waals surface area contributed by atoms with E-state index in [0.717, 1.165) is 16.7 Å². The molecule has 0 radical (unpaired) electrons. The van der Waals surface area contributed by atoms with Crippen molar-refractivity contribution in [3.05, 3.63) is 88.5 Å². The molecule has 3 aromatic rings. The second-order valence-electron chi connectivity index (χ2n) is 7.65. The van der Waals surface area contributed by atoms with Crippen LogP contribution in [-0.2, 0) is 4.79 Å². The maximum atomic E-state index is 13.2. The van der Waals surface area contributed by atoms with Gasteiger partial charge in [-0.3, -0.25) is 9.59 Å². The first kappa shape index (κ1) is 23.7. The van der Waals surface area contributed by atoms with Gasteiger partial charge in [0.15, 0.2) is 11.5 Å². The number of carbonyl (C=O) groups is 2. The number of amides is 2. The topological polar surface area (TPSA) is 89.8 Å². The van der Waals surface area contributed by atoms with Crippen molar-refractivity contribution >= 4 is 17.9 Å². The van der Waals surface area contributed by atoms with Gasteiger partial charge in [-0.2, -0.15) is 0 Å². The lowest BCUT2D eigenvalue weighted by atomic mass is 10.00. The van der Waals surface area contributed by atoms with Gasteiger partial charge in [-0.25, -0.2) is 0 Å². The highest BCUT2D eigenvalue weighted by molar-refractivity contribution is 6.05. The van der Waals surface area contributed by atoms with E-state index in [-0.39, 0.29) is 11.7 Å². The van der Waals surface area contributed by atoms with Crippen LogP contribution in [0.4, 0.5) is 0 Å². The summed E-state index contributed by atoms with van der Waals surface area (Å²) in [5, 5.41) is 5.66. The molecular weight excluding hydrogens is 420 g/mol. The highest BCUT2D eigenvalue weighted by atomic mass is 16.5. The summed E-state index contributed by atoms with van der Waals surface area (Å²) in [6.45, 7) is 5.90. The number of hydrogen-bond donors (Lipinski definition) is 2. The lowest BCUT2D eigenvalue weighted by Crippen LogP contribution is -2.36. The van der Waals surface area contributed by atoms with Gasteiger partial charge < -0.3 is 24.5 Å². The fourth-order valence-corrected chi connectivity index (χ4v) is 3.42. The zero-order valence-electron chi connectivity index (χ0n) is 19.4. The van der Waals surface area contributed by atoms with Crippen molar-refractivity contribution in [3.8, 4) is 11.5 Å². The first-order valence-electron chi connectivity index (χ1n) is 10.5. The van der Waals surface area contributed by atoms with Gasteiger partial charge in [-0.05, 0) is 62.2 Å². The molecule has 0 saturated carbocycles. The molecule has 0 aliphatic rings. The van der Waals surface area contributed by atoms with E-state index in [4.69, 9.17) is 13.9 Å². The van der Waals surface area contributed by atoms with Crippen LogP contribution in [0.1, 0.15) is 45.8 Å². The van der Waals surface area contributed by atoms with Gasteiger partial charge in [-0.15, -0.1) is 0 Å². The molecule has 0 unspecified atom stereocenters. The molecular formula is C26H28N2O5. The van der Waals surface area contributed by atoms with Gasteiger partial charge in [0, 0.05) is 11.6 Å². The summed E-state index contributed by atoms with van der Waals surface area (Å²) in [6.07, 6.45) is 2.99. The largest absolute Gasteiger partial charge is 0.493 e. The Balaban J connectivity index is 1.85. The maximum absolute atomic E-state index is 13.2. The van der Waals surface area contributed by atoms with Crippen molar-refractivity contribution in [2.24, 2.45) is 0 Å². The van der Waals surface area contributed by atoms with Crippen LogP contribution >= 0.6 is 0 Å². The molecule has 2 N–H and O–H groups in total.